The van der Waals surface area contributed by atoms with Crippen LogP contribution in [0.1, 0.15) is 19.6 Å². The molecule has 8 nitrogen and oxygen atoms in total. The zero-order chi connectivity index (χ0) is 22.4. The first-order valence-corrected chi connectivity index (χ1v) is 11.4. The first kappa shape index (κ1) is 22.5. The van der Waals surface area contributed by atoms with E-state index in [1.54, 1.807) is 50.2 Å². The van der Waals surface area contributed by atoms with Gasteiger partial charge in [0.1, 0.15) is 12.3 Å². The molecule has 164 valence electrons. The number of pyridine rings is 1. The van der Waals surface area contributed by atoms with Crippen LogP contribution in [-0.2, 0) is 27.9 Å². The molecule has 2 aromatic heterocycles. The fraction of sp³-hybridized carbons (Fsp3) is 0.273. The molecular formula is C22H25N3O5S. The van der Waals surface area contributed by atoms with E-state index in [-0.39, 0.29) is 23.9 Å². The SMILES string of the molecule is CCN(CC)S(=O)(=O)c1ccc(=O)n(CC(=O)N(Cc2ccco2)c2ccccc2)c1. The molecule has 31 heavy (non-hydrogen) atoms. The largest absolute Gasteiger partial charge is 0.467 e. The highest BCUT2D eigenvalue weighted by atomic mass is 32.2. The number of anilines is 1. The number of amides is 1. The number of benzene rings is 1. The van der Waals surface area contributed by atoms with Crippen LogP contribution in [0.2, 0.25) is 0 Å². The topological polar surface area (TPSA) is 92.8 Å². The van der Waals surface area contributed by atoms with Crippen molar-refractivity contribution in [2.75, 3.05) is 18.0 Å². The molecule has 0 aliphatic rings. The van der Waals surface area contributed by atoms with Crippen LogP contribution in [-0.4, -0.2) is 36.3 Å². The third kappa shape index (κ3) is 5.12. The maximum absolute atomic E-state index is 13.2. The zero-order valence-electron chi connectivity index (χ0n) is 17.5. The van der Waals surface area contributed by atoms with Gasteiger partial charge in [-0.2, -0.15) is 4.31 Å². The van der Waals surface area contributed by atoms with Crippen LogP contribution in [0.25, 0.3) is 0 Å². The van der Waals surface area contributed by atoms with Crippen molar-refractivity contribution in [3.05, 3.63) is 83.2 Å². The summed E-state index contributed by atoms with van der Waals surface area (Å²) in [4.78, 5) is 27.0. The number of rotatable bonds is 9. The number of sulfonamides is 1. The van der Waals surface area contributed by atoms with Gasteiger partial charge in [-0.1, -0.05) is 32.0 Å². The number of hydrogen-bond donors (Lipinski definition) is 0. The molecule has 9 heteroatoms. The minimum Gasteiger partial charge on any atom is -0.467 e. The molecule has 0 aliphatic heterocycles. The third-order valence-electron chi connectivity index (χ3n) is 4.87. The van der Waals surface area contributed by atoms with Gasteiger partial charge in [0.2, 0.25) is 15.9 Å². The first-order chi connectivity index (χ1) is 14.9. The first-order valence-electron chi connectivity index (χ1n) is 9.95. The van der Waals surface area contributed by atoms with Gasteiger partial charge in [-0.15, -0.1) is 0 Å². The Bertz CT molecular complexity index is 1170. The van der Waals surface area contributed by atoms with Crippen molar-refractivity contribution in [3.8, 4) is 0 Å². The number of aromatic nitrogens is 1. The summed E-state index contributed by atoms with van der Waals surface area (Å²) in [5.74, 6) is 0.212. The molecule has 0 atom stereocenters. The summed E-state index contributed by atoms with van der Waals surface area (Å²) in [6.45, 7) is 3.97. The fourth-order valence-electron chi connectivity index (χ4n) is 3.22. The Kier molecular flexibility index (Phi) is 7.09. The highest BCUT2D eigenvalue weighted by Gasteiger charge is 2.24. The van der Waals surface area contributed by atoms with Crippen LogP contribution < -0.4 is 10.5 Å². The Morgan fingerprint density at radius 3 is 2.32 bits per heavy atom. The van der Waals surface area contributed by atoms with Crippen molar-refractivity contribution < 1.29 is 17.6 Å². The highest BCUT2D eigenvalue weighted by molar-refractivity contribution is 7.89. The minimum atomic E-state index is -3.76. The lowest BCUT2D eigenvalue weighted by atomic mass is 10.2. The molecule has 0 fully saturated rings. The van der Waals surface area contributed by atoms with Crippen LogP contribution in [0.3, 0.4) is 0 Å². The molecule has 0 bridgehead atoms. The Balaban J connectivity index is 1.92. The second-order valence-electron chi connectivity index (χ2n) is 6.82. The van der Waals surface area contributed by atoms with Crippen molar-refractivity contribution in [2.24, 2.45) is 0 Å². The van der Waals surface area contributed by atoms with E-state index in [9.17, 15) is 18.0 Å². The van der Waals surface area contributed by atoms with Gasteiger partial charge in [0.15, 0.2) is 0 Å². The molecule has 0 saturated heterocycles. The van der Waals surface area contributed by atoms with Crippen LogP contribution in [0.5, 0.6) is 0 Å². The molecule has 0 aliphatic carbocycles. The Hall–Kier alpha value is -3.17. The molecule has 1 aromatic carbocycles. The second-order valence-corrected chi connectivity index (χ2v) is 8.75. The summed E-state index contributed by atoms with van der Waals surface area (Å²) < 4.78 is 33.4. The van der Waals surface area contributed by atoms with Crippen molar-refractivity contribution in [3.63, 3.8) is 0 Å². The van der Waals surface area contributed by atoms with E-state index in [0.717, 1.165) is 4.57 Å². The van der Waals surface area contributed by atoms with Crippen LogP contribution in [0.15, 0.2) is 81.2 Å². The summed E-state index contributed by atoms with van der Waals surface area (Å²) in [5.41, 5.74) is 0.182. The average molecular weight is 444 g/mol. The molecule has 0 saturated carbocycles. The Morgan fingerprint density at radius 1 is 1.00 bits per heavy atom. The molecule has 3 aromatic rings. The van der Waals surface area contributed by atoms with Gasteiger partial charge in [-0.25, -0.2) is 8.42 Å². The normalized spacial score (nSPS) is 11.6. The summed E-state index contributed by atoms with van der Waals surface area (Å²) >= 11 is 0. The monoisotopic (exact) mass is 443 g/mol. The predicted molar refractivity (Wildman–Crippen MR) is 117 cm³/mol. The lowest BCUT2D eigenvalue weighted by molar-refractivity contribution is -0.119. The predicted octanol–water partition coefficient (Wildman–Crippen LogP) is 2.71. The zero-order valence-corrected chi connectivity index (χ0v) is 18.3. The molecule has 0 spiro atoms. The van der Waals surface area contributed by atoms with Gasteiger partial charge in [0.05, 0.1) is 17.7 Å². The molecule has 0 N–H and O–H groups in total. The van der Waals surface area contributed by atoms with Crippen LogP contribution >= 0.6 is 0 Å². The molecule has 0 radical (unpaired) electrons. The Morgan fingerprint density at radius 2 is 1.71 bits per heavy atom. The third-order valence-corrected chi connectivity index (χ3v) is 6.90. The smallest absolute Gasteiger partial charge is 0.251 e. The second kappa shape index (κ2) is 9.76. The molecule has 0 unspecified atom stereocenters. The van der Waals surface area contributed by atoms with Gasteiger partial charge >= 0.3 is 0 Å². The van der Waals surface area contributed by atoms with Crippen molar-refractivity contribution in [2.45, 2.75) is 31.8 Å². The van der Waals surface area contributed by atoms with Crippen molar-refractivity contribution in [1.29, 1.82) is 0 Å². The van der Waals surface area contributed by atoms with Gasteiger partial charge in [-0.3, -0.25) is 9.59 Å². The van der Waals surface area contributed by atoms with E-state index >= 15 is 0 Å². The number of hydrogen-bond acceptors (Lipinski definition) is 5. The van der Waals surface area contributed by atoms with E-state index in [0.29, 0.717) is 24.5 Å². The number of carbonyl (C=O) groups is 1. The molecule has 1 amide bonds. The summed E-state index contributed by atoms with van der Waals surface area (Å²) in [6, 6.07) is 14.9. The van der Waals surface area contributed by atoms with Crippen LogP contribution in [0, 0.1) is 0 Å². The number of carbonyl (C=O) groups excluding carboxylic acids is 1. The lowest BCUT2D eigenvalue weighted by Crippen LogP contribution is -2.37. The highest BCUT2D eigenvalue weighted by Crippen LogP contribution is 2.19. The van der Waals surface area contributed by atoms with E-state index in [2.05, 4.69) is 0 Å². The number of furan rings is 1. The summed E-state index contributed by atoms with van der Waals surface area (Å²) in [7, 11) is -3.76. The maximum Gasteiger partial charge on any atom is 0.251 e. The van der Waals surface area contributed by atoms with E-state index in [1.165, 1.54) is 33.8 Å². The average Bonchev–Trinajstić information content (AvgIpc) is 3.28. The standard InChI is InChI=1S/C22H25N3O5S/c1-3-24(4-2)31(28,29)20-12-13-21(26)23(16-20)17-22(27)25(15-19-11-8-14-30-19)18-9-6-5-7-10-18/h5-14,16H,3-4,15,17H2,1-2H3. The van der Waals surface area contributed by atoms with Gasteiger partial charge in [0, 0.05) is 31.0 Å². The van der Waals surface area contributed by atoms with Gasteiger partial charge < -0.3 is 13.9 Å². The minimum absolute atomic E-state index is 0.0269. The fourth-order valence-corrected chi connectivity index (χ4v) is 4.70. The van der Waals surface area contributed by atoms with E-state index in [4.69, 9.17) is 4.42 Å². The number of nitrogens with zero attached hydrogens (tertiary/aromatic N) is 3. The number of para-hydroxylation sites is 1. The van der Waals surface area contributed by atoms with Crippen molar-refractivity contribution >= 4 is 21.6 Å². The van der Waals surface area contributed by atoms with Gasteiger partial charge in [-0.05, 0) is 30.3 Å². The Labute approximate surface area is 181 Å². The van der Waals surface area contributed by atoms with E-state index in [1.807, 2.05) is 6.07 Å². The van der Waals surface area contributed by atoms with Crippen LogP contribution in [0.4, 0.5) is 5.69 Å². The molecule has 3 rings (SSSR count). The van der Waals surface area contributed by atoms with E-state index < -0.39 is 15.6 Å². The van der Waals surface area contributed by atoms with Crippen molar-refractivity contribution in [1.82, 2.24) is 8.87 Å². The quantitative estimate of drug-likeness (QED) is 0.507. The maximum atomic E-state index is 13.2. The molecule has 2 heterocycles. The molecular weight excluding hydrogens is 418 g/mol. The van der Waals surface area contributed by atoms with Gasteiger partial charge in [0.25, 0.3) is 5.56 Å². The lowest BCUT2D eigenvalue weighted by Gasteiger charge is -2.23. The summed E-state index contributed by atoms with van der Waals surface area (Å²) in [6.07, 6.45) is 2.75. The summed E-state index contributed by atoms with van der Waals surface area (Å²) in [5, 5.41) is 0.